The third kappa shape index (κ3) is 10.9. The van der Waals surface area contributed by atoms with Crippen molar-refractivity contribution >= 4 is 11.9 Å². The van der Waals surface area contributed by atoms with Gasteiger partial charge in [-0.15, -0.1) is 0 Å². The van der Waals surface area contributed by atoms with Crippen LogP contribution in [0.5, 0.6) is 0 Å². The largest absolute Gasteiger partial charge is 0.481 e. The second-order valence-electron chi connectivity index (χ2n) is 3.08. The summed E-state index contributed by atoms with van der Waals surface area (Å²) in [6, 6.07) is 0. The summed E-state index contributed by atoms with van der Waals surface area (Å²) in [4.78, 5) is 20.6. The maximum Gasteiger partial charge on any atom is 0.303 e. The van der Waals surface area contributed by atoms with E-state index in [1.165, 1.54) is 6.92 Å². The fraction of sp³-hybridized carbons (Fsp3) is 0.778. The molecule has 0 aliphatic carbocycles. The van der Waals surface area contributed by atoms with E-state index in [1.54, 1.807) is 0 Å². The molecule has 0 saturated carbocycles. The van der Waals surface area contributed by atoms with E-state index in [0.29, 0.717) is 13.0 Å². The lowest BCUT2D eigenvalue weighted by atomic mass is 10.2. The topological polar surface area (TPSA) is 78.4 Å². The normalized spacial score (nSPS) is 9.79. The molecule has 0 saturated heterocycles. The van der Waals surface area contributed by atoms with Crippen molar-refractivity contribution in [1.82, 2.24) is 10.6 Å². The molecule has 5 heteroatoms. The average molecular weight is 202 g/mol. The minimum atomic E-state index is -0.747. The van der Waals surface area contributed by atoms with Crippen LogP contribution in [0, 0.1) is 0 Å². The zero-order chi connectivity index (χ0) is 10.8. The van der Waals surface area contributed by atoms with Gasteiger partial charge in [0.2, 0.25) is 5.91 Å². The molecule has 0 heterocycles. The molecule has 0 unspecified atom stereocenters. The highest BCUT2D eigenvalue weighted by Gasteiger charge is 1.95. The SMILES string of the molecule is CC(=O)NCCNCCCCC(=O)O. The molecule has 0 aromatic carbocycles. The summed E-state index contributed by atoms with van der Waals surface area (Å²) in [5, 5.41) is 14.1. The molecule has 1 amide bonds. The Morgan fingerprint density at radius 2 is 1.86 bits per heavy atom. The van der Waals surface area contributed by atoms with E-state index in [1.807, 2.05) is 0 Å². The fourth-order valence-corrected chi connectivity index (χ4v) is 0.978. The van der Waals surface area contributed by atoms with E-state index in [9.17, 15) is 9.59 Å². The molecule has 0 radical (unpaired) electrons. The number of hydrogen-bond donors (Lipinski definition) is 3. The van der Waals surface area contributed by atoms with Crippen LogP contribution in [0.1, 0.15) is 26.2 Å². The Morgan fingerprint density at radius 1 is 1.14 bits per heavy atom. The van der Waals surface area contributed by atoms with Crippen molar-refractivity contribution in [3.05, 3.63) is 0 Å². The first-order valence-corrected chi connectivity index (χ1v) is 4.80. The van der Waals surface area contributed by atoms with Crippen molar-refractivity contribution in [2.75, 3.05) is 19.6 Å². The number of aliphatic carboxylic acids is 1. The molecular weight excluding hydrogens is 184 g/mol. The standard InChI is InChI=1S/C9H18N2O3/c1-8(12)11-7-6-10-5-3-2-4-9(13)14/h10H,2-7H2,1H3,(H,11,12)(H,13,14). The van der Waals surface area contributed by atoms with Crippen LogP contribution in [-0.2, 0) is 9.59 Å². The molecule has 14 heavy (non-hydrogen) atoms. The minimum Gasteiger partial charge on any atom is -0.481 e. The Bertz CT molecular complexity index is 163. The lowest BCUT2D eigenvalue weighted by Gasteiger charge is -2.04. The van der Waals surface area contributed by atoms with E-state index < -0.39 is 5.97 Å². The van der Waals surface area contributed by atoms with Crippen LogP contribution in [0.3, 0.4) is 0 Å². The number of carboxylic acid groups (broad SMARTS) is 1. The van der Waals surface area contributed by atoms with Gasteiger partial charge in [-0.05, 0) is 19.4 Å². The average Bonchev–Trinajstić information content (AvgIpc) is 2.08. The summed E-state index contributed by atoms with van der Waals surface area (Å²) < 4.78 is 0. The van der Waals surface area contributed by atoms with Gasteiger partial charge in [0, 0.05) is 26.4 Å². The van der Waals surface area contributed by atoms with Gasteiger partial charge in [0.1, 0.15) is 0 Å². The van der Waals surface area contributed by atoms with Crippen molar-refractivity contribution in [2.24, 2.45) is 0 Å². The van der Waals surface area contributed by atoms with E-state index in [4.69, 9.17) is 5.11 Å². The predicted molar refractivity (Wildman–Crippen MR) is 53.0 cm³/mol. The molecule has 0 aliphatic heterocycles. The summed E-state index contributed by atoms with van der Waals surface area (Å²) in [6.07, 6.45) is 1.78. The van der Waals surface area contributed by atoms with Crippen LogP contribution in [0.4, 0.5) is 0 Å². The van der Waals surface area contributed by atoms with Crippen molar-refractivity contribution in [2.45, 2.75) is 26.2 Å². The third-order valence-corrected chi connectivity index (χ3v) is 1.67. The molecular formula is C9H18N2O3. The van der Waals surface area contributed by atoms with Crippen LogP contribution in [-0.4, -0.2) is 36.6 Å². The highest BCUT2D eigenvalue weighted by atomic mass is 16.4. The Balaban J connectivity index is 2.99. The maximum absolute atomic E-state index is 10.4. The molecule has 0 aromatic heterocycles. The Labute approximate surface area is 83.9 Å². The molecule has 82 valence electrons. The molecule has 5 nitrogen and oxygen atoms in total. The van der Waals surface area contributed by atoms with Gasteiger partial charge in [-0.3, -0.25) is 9.59 Å². The zero-order valence-corrected chi connectivity index (χ0v) is 8.51. The molecule has 0 fully saturated rings. The first-order chi connectivity index (χ1) is 6.63. The number of unbranched alkanes of at least 4 members (excludes halogenated alkanes) is 1. The molecule has 0 aliphatic rings. The van der Waals surface area contributed by atoms with Gasteiger partial charge >= 0.3 is 5.97 Å². The molecule has 0 rings (SSSR count). The third-order valence-electron chi connectivity index (χ3n) is 1.67. The van der Waals surface area contributed by atoms with Crippen molar-refractivity contribution < 1.29 is 14.7 Å². The monoisotopic (exact) mass is 202 g/mol. The van der Waals surface area contributed by atoms with Crippen molar-refractivity contribution in [3.63, 3.8) is 0 Å². The number of nitrogens with one attached hydrogen (secondary N) is 2. The van der Waals surface area contributed by atoms with Crippen molar-refractivity contribution in [1.29, 1.82) is 0 Å². The van der Waals surface area contributed by atoms with Gasteiger partial charge < -0.3 is 15.7 Å². The second kappa shape index (κ2) is 8.50. The molecule has 0 atom stereocenters. The van der Waals surface area contributed by atoms with Gasteiger partial charge in [-0.25, -0.2) is 0 Å². The summed E-state index contributed by atoms with van der Waals surface area (Å²) in [5.74, 6) is -0.777. The van der Waals surface area contributed by atoms with Crippen LogP contribution >= 0.6 is 0 Å². The lowest BCUT2D eigenvalue weighted by Crippen LogP contribution is -2.30. The summed E-state index contributed by atoms with van der Waals surface area (Å²) in [5.41, 5.74) is 0. The first-order valence-electron chi connectivity index (χ1n) is 4.80. The Kier molecular flexibility index (Phi) is 7.83. The first kappa shape index (κ1) is 12.9. The predicted octanol–water partition coefficient (Wildman–Crippen LogP) is -0.0330. The second-order valence-corrected chi connectivity index (χ2v) is 3.08. The number of carbonyl (C=O) groups excluding carboxylic acids is 1. The van der Waals surface area contributed by atoms with Crippen LogP contribution in [0.25, 0.3) is 0 Å². The number of carbonyl (C=O) groups is 2. The molecule has 3 N–H and O–H groups in total. The van der Waals surface area contributed by atoms with Crippen molar-refractivity contribution in [3.8, 4) is 0 Å². The van der Waals surface area contributed by atoms with E-state index in [-0.39, 0.29) is 12.3 Å². The van der Waals surface area contributed by atoms with Crippen LogP contribution < -0.4 is 10.6 Å². The smallest absolute Gasteiger partial charge is 0.303 e. The zero-order valence-electron chi connectivity index (χ0n) is 8.51. The van der Waals surface area contributed by atoms with Gasteiger partial charge in [0.15, 0.2) is 0 Å². The maximum atomic E-state index is 10.4. The highest BCUT2D eigenvalue weighted by molar-refractivity contribution is 5.72. The summed E-state index contributed by atoms with van der Waals surface area (Å²) in [6.45, 7) is 3.63. The van der Waals surface area contributed by atoms with E-state index in [0.717, 1.165) is 19.5 Å². The van der Waals surface area contributed by atoms with Crippen LogP contribution in [0.2, 0.25) is 0 Å². The quantitative estimate of drug-likeness (QED) is 0.483. The summed E-state index contributed by atoms with van der Waals surface area (Å²) in [7, 11) is 0. The summed E-state index contributed by atoms with van der Waals surface area (Å²) >= 11 is 0. The van der Waals surface area contributed by atoms with Crippen LogP contribution in [0.15, 0.2) is 0 Å². The molecule has 0 bridgehead atoms. The highest BCUT2D eigenvalue weighted by Crippen LogP contribution is 1.92. The molecule has 0 spiro atoms. The van der Waals surface area contributed by atoms with Gasteiger partial charge in [0.25, 0.3) is 0 Å². The van der Waals surface area contributed by atoms with Gasteiger partial charge in [0.05, 0.1) is 0 Å². The van der Waals surface area contributed by atoms with E-state index >= 15 is 0 Å². The minimum absolute atomic E-state index is 0.0299. The number of rotatable bonds is 8. The lowest BCUT2D eigenvalue weighted by molar-refractivity contribution is -0.137. The number of amides is 1. The number of carboxylic acids is 1. The van der Waals surface area contributed by atoms with Gasteiger partial charge in [-0.2, -0.15) is 0 Å². The Hall–Kier alpha value is -1.10. The fourth-order valence-electron chi connectivity index (χ4n) is 0.978. The van der Waals surface area contributed by atoms with E-state index in [2.05, 4.69) is 10.6 Å². The Morgan fingerprint density at radius 3 is 2.43 bits per heavy atom. The number of hydrogen-bond acceptors (Lipinski definition) is 3. The van der Waals surface area contributed by atoms with Gasteiger partial charge in [-0.1, -0.05) is 0 Å². The molecule has 0 aromatic rings.